The second kappa shape index (κ2) is 9.52. The molecule has 0 spiro atoms. The van der Waals surface area contributed by atoms with Crippen LogP contribution in [0.5, 0.6) is 5.75 Å². The highest BCUT2D eigenvalue weighted by Crippen LogP contribution is 2.19. The van der Waals surface area contributed by atoms with Gasteiger partial charge in [0.15, 0.2) is 5.11 Å². The largest absolute Gasteiger partial charge is 0.491 e. The molecule has 2 rings (SSSR count). The van der Waals surface area contributed by atoms with Gasteiger partial charge in [-0.1, -0.05) is 0 Å². The Labute approximate surface area is 159 Å². The van der Waals surface area contributed by atoms with E-state index in [2.05, 4.69) is 5.32 Å². The molecule has 1 N–H and O–H groups in total. The summed E-state index contributed by atoms with van der Waals surface area (Å²) in [5, 5.41) is 3.15. The van der Waals surface area contributed by atoms with E-state index < -0.39 is 0 Å². The number of piperidine rings is 1. The maximum atomic E-state index is 12.3. The number of nitrogens with one attached hydrogen (secondary N) is 1. The average Bonchev–Trinajstić information content (AvgIpc) is 2.62. The number of likely N-dealkylation sites (tertiary alicyclic amines) is 1. The number of amides is 1. The van der Waals surface area contributed by atoms with Gasteiger partial charge in [0.05, 0.1) is 18.6 Å². The summed E-state index contributed by atoms with van der Waals surface area (Å²) >= 11 is 5.34. The Bertz CT molecular complexity index is 637. The predicted molar refractivity (Wildman–Crippen MR) is 103 cm³/mol. The molecule has 0 saturated carbocycles. The molecule has 6 nitrogen and oxygen atoms in total. The fourth-order valence-electron chi connectivity index (χ4n) is 2.78. The van der Waals surface area contributed by atoms with Crippen LogP contribution in [0.15, 0.2) is 24.3 Å². The number of benzene rings is 1. The van der Waals surface area contributed by atoms with Gasteiger partial charge >= 0.3 is 5.97 Å². The summed E-state index contributed by atoms with van der Waals surface area (Å²) in [5.41, 5.74) is 0.518. The fourth-order valence-corrected chi connectivity index (χ4v) is 3.06. The van der Waals surface area contributed by atoms with Crippen molar-refractivity contribution in [1.29, 1.82) is 0 Å². The normalized spacial score (nSPS) is 14.8. The SMILES string of the molecule is CCOC(=O)C1CCN(C(=S)NC(=O)c2ccc(OC(C)C)cc2)CC1. The van der Waals surface area contributed by atoms with Crippen LogP contribution < -0.4 is 10.1 Å². The van der Waals surface area contributed by atoms with Gasteiger partial charge in [0.1, 0.15) is 5.75 Å². The monoisotopic (exact) mass is 378 g/mol. The molecule has 142 valence electrons. The molecule has 0 radical (unpaired) electrons. The van der Waals surface area contributed by atoms with Crippen molar-refractivity contribution in [2.24, 2.45) is 5.92 Å². The highest BCUT2D eigenvalue weighted by molar-refractivity contribution is 7.80. The summed E-state index contributed by atoms with van der Waals surface area (Å²) in [5.74, 6) is 0.239. The van der Waals surface area contributed by atoms with Gasteiger partial charge in [-0.2, -0.15) is 0 Å². The number of hydrogen-bond donors (Lipinski definition) is 1. The molecule has 7 heteroatoms. The quantitative estimate of drug-likeness (QED) is 0.628. The standard InChI is InChI=1S/C19H26N2O4S/c1-4-24-18(23)15-9-11-21(12-10-15)19(26)20-17(22)14-5-7-16(8-6-14)25-13(2)3/h5-8,13,15H,4,9-12H2,1-3H3,(H,20,22,26). The lowest BCUT2D eigenvalue weighted by atomic mass is 9.97. The molecule has 1 aromatic carbocycles. The van der Waals surface area contributed by atoms with Gasteiger partial charge in [-0.15, -0.1) is 0 Å². The molecular formula is C19H26N2O4S. The molecule has 1 aliphatic heterocycles. The van der Waals surface area contributed by atoms with E-state index in [0.29, 0.717) is 43.2 Å². The van der Waals surface area contributed by atoms with Crippen LogP contribution in [0, 0.1) is 5.92 Å². The molecule has 1 amide bonds. The third-order valence-electron chi connectivity index (χ3n) is 4.11. The lowest BCUT2D eigenvalue weighted by Gasteiger charge is -2.32. The lowest BCUT2D eigenvalue weighted by molar-refractivity contribution is -0.149. The minimum atomic E-state index is -0.251. The summed E-state index contributed by atoms with van der Waals surface area (Å²) in [6.45, 7) is 7.36. The minimum absolute atomic E-state index is 0.0831. The van der Waals surface area contributed by atoms with Crippen LogP contribution in [0.4, 0.5) is 0 Å². The van der Waals surface area contributed by atoms with Gasteiger partial charge < -0.3 is 14.4 Å². The number of ether oxygens (including phenoxy) is 2. The van der Waals surface area contributed by atoms with Crippen LogP contribution in [0.1, 0.15) is 44.0 Å². The van der Waals surface area contributed by atoms with Crippen molar-refractivity contribution in [3.05, 3.63) is 29.8 Å². The number of rotatable bonds is 5. The van der Waals surface area contributed by atoms with Crippen molar-refractivity contribution in [2.45, 2.75) is 39.7 Å². The van der Waals surface area contributed by atoms with Gasteiger partial charge in [-0.05, 0) is 70.1 Å². The van der Waals surface area contributed by atoms with E-state index in [1.54, 1.807) is 31.2 Å². The third-order valence-corrected chi connectivity index (χ3v) is 4.47. The smallest absolute Gasteiger partial charge is 0.309 e. The van der Waals surface area contributed by atoms with Crippen LogP contribution in [-0.4, -0.2) is 47.7 Å². The zero-order chi connectivity index (χ0) is 19.1. The second-order valence-corrected chi connectivity index (χ2v) is 6.85. The first kappa shape index (κ1) is 20.2. The molecule has 0 unspecified atom stereocenters. The lowest BCUT2D eigenvalue weighted by Crippen LogP contribution is -2.47. The minimum Gasteiger partial charge on any atom is -0.491 e. The Morgan fingerprint density at radius 3 is 2.38 bits per heavy atom. The topological polar surface area (TPSA) is 67.9 Å². The van der Waals surface area contributed by atoms with Gasteiger partial charge in [-0.3, -0.25) is 14.9 Å². The van der Waals surface area contributed by atoms with Gasteiger partial charge in [0.25, 0.3) is 5.91 Å². The zero-order valence-electron chi connectivity index (χ0n) is 15.5. The summed E-state index contributed by atoms with van der Waals surface area (Å²) in [7, 11) is 0. The van der Waals surface area contributed by atoms with E-state index in [1.165, 1.54) is 0 Å². The van der Waals surface area contributed by atoms with Gasteiger partial charge in [0.2, 0.25) is 0 Å². The molecule has 1 heterocycles. The van der Waals surface area contributed by atoms with Crippen LogP contribution >= 0.6 is 12.2 Å². The maximum absolute atomic E-state index is 12.3. The number of nitrogens with zero attached hydrogens (tertiary/aromatic N) is 1. The molecule has 0 aromatic heterocycles. The first-order valence-electron chi connectivity index (χ1n) is 8.94. The van der Waals surface area contributed by atoms with E-state index >= 15 is 0 Å². The van der Waals surface area contributed by atoms with Crippen LogP contribution in [0.2, 0.25) is 0 Å². The second-order valence-electron chi connectivity index (χ2n) is 6.46. The number of carbonyl (C=O) groups is 2. The maximum Gasteiger partial charge on any atom is 0.309 e. The zero-order valence-corrected chi connectivity index (χ0v) is 16.3. The fraction of sp³-hybridized carbons (Fsp3) is 0.526. The van der Waals surface area contributed by atoms with Crippen molar-refractivity contribution < 1.29 is 19.1 Å². The Morgan fingerprint density at radius 1 is 1.23 bits per heavy atom. The highest BCUT2D eigenvalue weighted by atomic mass is 32.1. The van der Waals surface area contributed by atoms with E-state index in [9.17, 15) is 9.59 Å². The van der Waals surface area contributed by atoms with Crippen molar-refractivity contribution in [1.82, 2.24) is 10.2 Å². The van der Waals surface area contributed by atoms with Gasteiger partial charge in [-0.25, -0.2) is 0 Å². The van der Waals surface area contributed by atoms with Crippen LogP contribution in [-0.2, 0) is 9.53 Å². The Hall–Kier alpha value is -2.15. The Kier molecular flexibility index (Phi) is 7.38. The van der Waals surface area contributed by atoms with Crippen LogP contribution in [0.3, 0.4) is 0 Å². The van der Waals surface area contributed by atoms with Crippen LogP contribution in [0.25, 0.3) is 0 Å². The summed E-state index contributed by atoms with van der Waals surface area (Å²) in [4.78, 5) is 26.0. The molecule has 1 aromatic rings. The van der Waals surface area contributed by atoms with Crippen molar-refractivity contribution in [2.75, 3.05) is 19.7 Å². The number of thiocarbonyl (C=S) groups is 1. The predicted octanol–water partition coefficient (Wildman–Crippen LogP) is 2.76. The molecule has 0 bridgehead atoms. The summed E-state index contributed by atoms with van der Waals surface area (Å²) in [6.07, 6.45) is 1.44. The van der Waals surface area contributed by atoms with Crippen molar-refractivity contribution >= 4 is 29.2 Å². The molecular weight excluding hydrogens is 352 g/mol. The third kappa shape index (κ3) is 5.69. The molecule has 0 aliphatic carbocycles. The number of hydrogen-bond acceptors (Lipinski definition) is 5. The average molecular weight is 378 g/mol. The van der Waals surface area contributed by atoms with Crippen molar-refractivity contribution in [3.63, 3.8) is 0 Å². The first-order chi connectivity index (χ1) is 12.4. The number of carbonyl (C=O) groups excluding carboxylic acids is 2. The van der Waals surface area contributed by atoms with Crippen molar-refractivity contribution in [3.8, 4) is 5.75 Å². The summed E-state index contributed by atoms with van der Waals surface area (Å²) in [6, 6.07) is 6.96. The van der Waals surface area contributed by atoms with E-state index in [1.807, 2.05) is 18.7 Å². The number of esters is 1. The Morgan fingerprint density at radius 2 is 1.85 bits per heavy atom. The molecule has 1 saturated heterocycles. The highest BCUT2D eigenvalue weighted by Gasteiger charge is 2.27. The van der Waals surface area contributed by atoms with E-state index in [0.717, 1.165) is 5.75 Å². The van der Waals surface area contributed by atoms with Gasteiger partial charge in [0, 0.05) is 18.7 Å². The summed E-state index contributed by atoms with van der Waals surface area (Å²) < 4.78 is 10.6. The Balaban J connectivity index is 1.84. The molecule has 26 heavy (non-hydrogen) atoms. The van der Waals surface area contributed by atoms with E-state index in [-0.39, 0.29) is 23.9 Å². The first-order valence-corrected chi connectivity index (χ1v) is 9.35. The molecule has 1 aliphatic rings. The molecule has 0 atom stereocenters. The molecule has 1 fully saturated rings. The van der Waals surface area contributed by atoms with E-state index in [4.69, 9.17) is 21.7 Å².